The van der Waals surface area contributed by atoms with Gasteiger partial charge in [0.15, 0.2) is 6.10 Å². The maximum absolute atomic E-state index is 12.8. The quantitative estimate of drug-likeness (QED) is 0.0211. The van der Waals surface area contributed by atoms with Crippen LogP contribution in [0.5, 0.6) is 0 Å². The van der Waals surface area contributed by atoms with Gasteiger partial charge in [0.25, 0.3) is 6.29 Å². The first-order chi connectivity index (χ1) is 32.6. The first-order valence-corrected chi connectivity index (χ1v) is 28.5. The van der Waals surface area contributed by atoms with E-state index < -0.39 is 24.3 Å². The van der Waals surface area contributed by atoms with E-state index in [1.54, 1.807) is 0 Å². The Bertz CT molecular complexity index is 1150. The maximum atomic E-state index is 12.8. The highest BCUT2D eigenvalue weighted by Crippen LogP contribution is 2.17. The number of ether oxygens (including phenoxy) is 4. The van der Waals surface area contributed by atoms with Gasteiger partial charge in [-0.05, 0) is 38.5 Å². The smallest absolute Gasteiger partial charge is 0.361 e. The van der Waals surface area contributed by atoms with E-state index in [1.807, 2.05) is 21.1 Å². The number of unbranched alkanes of at least 4 members (excludes halogenated alkanes) is 34. The first kappa shape index (κ1) is 64.8. The number of quaternary nitrogens is 1. The second kappa shape index (κ2) is 50.2. The number of aliphatic carboxylic acids is 1. The lowest BCUT2D eigenvalue weighted by Crippen LogP contribution is -2.40. The van der Waals surface area contributed by atoms with Gasteiger partial charge in [-0.25, -0.2) is 4.79 Å². The predicted octanol–water partition coefficient (Wildman–Crippen LogP) is 16.3. The number of carboxylic acid groups (broad SMARTS) is 1. The van der Waals surface area contributed by atoms with E-state index in [4.69, 9.17) is 18.9 Å². The zero-order valence-electron chi connectivity index (χ0n) is 44.8. The number of hydrogen-bond donors (Lipinski definition) is 1. The molecule has 0 aromatic rings. The van der Waals surface area contributed by atoms with Gasteiger partial charge in [-0.3, -0.25) is 9.59 Å². The van der Waals surface area contributed by atoms with Crippen LogP contribution >= 0.6 is 0 Å². The minimum Gasteiger partial charge on any atom is -0.477 e. The van der Waals surface area contributed by atoms with Gasteiger partial charge in [-0.2, -0.15) is 0 Å². The maximum Gasteiger partial charge on any atom is 0.361 e. The van der Waals surface area contributed by atoms with Gasteiger partial charge in [0, 0.05) is 12.8 Å². The second-order valence-corrected chi connectivity index (χ2v) is 20.6. The SMILES string of the molecule is CCCC/C=C\C/C=C\CCCCCCCC(=O)OC(COC(=O)CCCCCCCCCCCCCCCCCCCCCCCCCCCCCC)COC(OCC[N+](C)(C)C)C(=O)O. The highest BCUT2D eigenvalue weighted by Gasteiger charge is 2.25. The Labute approximate surface area is 414 Å². The molecule has 1 N–H and O–H groups in total. The highest BCUT2D eigenvalue weighted by atomic mass is 16.7. The van der Waals surface area contributed by atoms with Crippen LogP contribution < -0.4 is 0 Å². The number of nitrogens with zero attached hydrogens (tertiary/aromatic N) is 1. The van der Waals surface area contributed by atoms with Crippen molar-refractivity contribution in [1.82, 2.24) is 0 Å². The van der Waals surface area contributed by atoms with E-state index >= 15 is 0 Å². The Hall–Kier alpha value is -2.23. The normalized spacial score (nSPS) is 12.9. The van der Waals surface area contributed by atoms with Crippen molar-refractivity contribution < 1.29 is 42.9 Å². The summed E-state index contributed by atoms with van der Waals surface area (Å²) in [6, 6.07) is 0. The summed E-state index contributed by atoms with van der Waals surface area (Å²) >= 11 is 0. The summed E-state index contributed by atoms with van der Waals surface area (Å²) in [5.41, 5.74) is 0. The fourth-order valence-corrected chi connectivity index (χ4v) is 8.27. The van der Waals surface area contributed by atoms with Crippen LogP contribution in [0.3, 0.4) is 0 Å². The molecule has 0 radical (unpaired) electrons. The van der Waals surface area contributed by atoms with Crippen LogP contribution in [0.15, 0.2) is 24.3 Å². The third kappa shape index (κ3) is 51.4. The molecule has 0 saturated carbocycles. The third-order valence-corrected chi connectivity index (χ3v) is 12.7. The summed E-state index contributed by atoms with van der Waals surface area (Å²) in [7, 11) is 5.96. The molecule has 0 heterocycles. The van der Waals surface area contributed by atoms with Crippen LogP contribution in [0.1, 0.15) is 271 Å². The molecule has 0 aromatic carbocycles. The summed E-state index contributed by atoms with van der Waals surface area (Å²) in [5, 5.41) is 9.67. The van der Waals surface area contributed by atoms with Gasteiger partial charge < -0.3 is 28.5 Å². The lowest BCUT2D eigenvalue weighted by molar-refractivity contribution is -0.870. The van der Waals surface area contributed by atoms with Gasteiger partial charge in [0.1, 0.15) is 13.2 Å². The first-order valence-electron chi connectivity index (χ1n) is 28.5. The molecule has 0 aliphatic rings. The summed E-state index contributed by atoms with van der Waals surface area (Å²) in [4.78, 5) is 37.3. The molecule has 0 aliphatic carbocycles. The van der Waals surface area contributed by atoms with Crippen LogP contribution in [-0.4, -0.2) is 87.4 Å². The number of carbonyl (C=O) groups is 3. The molecule has 2 unspecified atom stereocenters. The number of allylic oxidation sites excluding steroid dienone is 4. The molecule has 0 aliphatic heterocycles. The van der Waals surface area contributed by atoms with E-state index in [1.165, 1.54) is 173 Å². The van der Waals surface area contributed by atoms with Crippen molar-refractivity contribution in [2.75, 3.05) is 47.5 Å². The Morgan fingerprint density at radius 2 is 0.821 bits per heavy atom. The summed E-state index contributed by atoms with van der Waals surface area (Å²) < 4.78 is 22.8. The largest absolute Gasteiger partial charge is 0.477 e. The molecule has 0 rings (SSSR count). The van der Waals surface area contributed by atoms with Crippen molar-refractivity contribution in [3.8, 4) is 0 Å². The van der Waals surface area contributed by atoms with Crippen LogP contribution in [0.4, 0.5) is 0 Å². The lowest BCUT2D eigenvalue weighted by atomic mass is 10.0. The molecule has 0 fully saturated rings. The molecule has 67 heavy (non-hydrogen) atoms. The average molecular weight is 950 g/mol. The number of hydrogen-bond acceptors (Lipinski definition) is 7. The number of rotatable bonds is 53. The molecule has 9 nitrogen and oxygen atoms in total. The third-order valence-electron chi connectivity index (χ3n) is 12.7. The Kier molecular flexibility index (Phi) is 48.5. The van der Waals surface area contributed by atoms with E-state index in [-0.39, 0.29) is 32.2 Å². The zero-order chi connectivity index (χ0) is 49.2. The molecule has 0 amide bonds. The second-order valence-electron chi connectivity index (χ2n) is 20.6. The van der Waals surface area contributed by atoms with Crippen LogP contribution in [0, 0.1) is 0 Å². The molecule has 0 spiro atoms. The Morgan fingerprint density at radius 3 is 1.22 bits per heavy atom. The summed E-state index contributed by atoms with van der Waals surface area (Å²) in [6.07, 6.45) is 55.6. The van der Waals surface area contributed by atoms with Crippen molar-refractivity contribution in [3.05, 3.63) is 24.3 Å². The van der Waals surface area contributed by atoms with Gasteiger partial charge in [0.05, 0.1) is 34.4 Å². The monoisotopic (exact) mass is 949 g/mol. The number of carboxylic acids is 1. The van der Waals surface area contributed by atoms with Gasteiger partial charge in [0.2, 0.25) is 0 Å². The fraction of sp³-hybridized carbons (Fsp3) is 0.879. The van der Waals surface area contributed by atoms with Crippen molar-refractivity contribution in [2.45, 2.75) is 283 Å². The van der Waals surface area contributed by atoms with Crippen molar-refractivity contribution >= 4 is 17.9 Å². The Balaban J connectivity index is 4.11. The minimum absolute atomic E-state index is 0.183. The molecular weight excluding hydrogens is 839 g/mol. The number of likely N-dealkylation sites (N-methyl/N-ethyl adjacent to an activating group) is 1. The van der Waals surface area contributed by atoms with Crippen molar-refractivity contribution in [1.29, 1.82) is 0 Å². The molecule has 0 bridgehead atoms. The molecule has 0 aromatic heterocycles. The van der Waals surface area contributed by atoms with Gasteiger partial charge in [-0.1, -0.05) is 244 Å². The van der Waals surface area contributed by atoms with E-state index in [0.717, 1.165) is 64.2 Å². The summed E-state index contributed by atoms with van der Waals surface area (Å²) in [5.74, 6) is -2.01. The van der Waals surface area contributed by atoms with E-state index in [0.29, 0.717) is 23.9 Å². The Morgan fingerprint density at radius 1 is 0.448 bits per heavy atom. The standard InChI is InChI=1S/C58H109NO8/c1-6-8-10-12-14-16-18-20-22-23-24-25-26-27-28-29-30-31-32-33-34-35-37-38-40-42-44-46-48-55(60)65-52-54(53-66-58(57(62)63)64-51-50-59(3,4)5)67-56(61)49-47-45-43-41-39-36-21-19-17-15-13-11-9-7-2/h13,15,19,21,54,58H,6-12,14,16-18,20,22-53H2,1-5H3/p+1/b15-13-,21-19-. The van der Waals surface area contributed by atoms with Crippen LogP contribution in [0.2, 0.25) is 0 Å². The minimum atomic E-state index is -1.51. The molecule has 0 saturated heterocycles. The highest BCUT2D eigenvalue weighted by molar-refractivity contribution is 5.71. The van der Waals surface area contributed by atoms with E-state index in [2.05, 4.69) is 38.2 Å². The summed E-state index contributed by atoms with van der Waals surface area (Å²) in [6.45, 7) is 4.86. The average Bonchev–Trinajstić information content (AvgIpc) is 3.29. The fourth-order valence-electron chi connectivity index (χ4n) is 8.27. The molecular formula is C58H110NO8+. The molecule has 394 valence electrons. The predicted molar refractivity (Wildman–Crippen MR) is 281 cm³/mol. The van der Waals surface area contributed by atoms with Gasteiger partial charge in [-0.15, -0.1) is 0 Å². The van der Waals surface area contributed by atoms with Crippen molar-refractivity contribution in [2.24, 2.45) is 0 Å². The topological polar surface area (TPSA) is 108 Å². The van der Waals surface area contributed by atoms with Crippen molar-refractivity contribution in [3.63, 3.8) is 0 Å². The van der Waals surface area contributed by atoms with E-state index in [9.17, 15) is 19.5 Å². The molecule has 2 atom stereocenters. The lowest BCUT2D eigenvalue weighted by Gasteiger charge is -2.25. The van der Waals surface area contributed by atoms with Crippen LogP contribution in [-0.2, 0) is 33.3 Å². The zero-order valence-corrected chi connectivity index (χ0v) is 44.8. The molecule has 9 heteroatoms. The number of esters is 2. The van der Waals surface area contributed by atoms with Crippen LogP contribution in [0.25, 0.3) is 0 Å². The number of carbonyl (C=O) groups excluding carboxylic acids is 2. The van der Waals surface area contributed by atoms with Gasteiger partial charge >= 0.3 is 17.9 Å².